The fraction of sp³-hybridized carbons (Fsp3) is 0.632. The van der Waals surface area contributed by atoms with Crippen LogP contribution in [0.3, 0.4) is 0 Å². The van der Waals surface area contributed by atoms with E-state index in [0.29, 0.717) is 13.0 Å². The quantitative estimate of drug-likeness (QED) is 0.579. The molecule has 3 N–H and O–H groups in total. The molecule has 1 aromatic rings. The number of rotatable bonds is 5. The highest BCUT2D eigenvalue weighted by atomic mass is 19.4. The number of aliphatic hydroxyl groups excluding tert-OH is 1. The number of aromatic hydroxyl groups is 1. The first-order valence-electron chi connectivity index (χ1n) is 9.57. The molecule has 1 fully saturated rings. The lowest BCUT2D eigenvalue weighted by molar-refractivity contribution is -0.151. The van der Waals surface area contributed by atoms with Crippen LogP contribution < -0.4 is 10.1 Å². The predicted octanol–water partition coefficient (Wildman–Crippen LogP) is 1.96. The van der Waals surface area contributed by atoms with Crippen molar-refractivity contribution in [2.75, 3.05) is 26.9 Å². The number of aromatic nitrogens is 1. The smallest absolute Gasteiger partial charge is 0.389 e. The molecule has 0 aliphatic carbocycles. The molecule has 0 spiro atoms. The van der Waals surface area contributed by atoms with Gasteiger partial charge < -0.3 is 29.7 Å². The molecule has 2 heterocycles. The number of hydrogen-bond acceptors (Lipinski definition) is 8. The van der Waals surface area contributed by atoms with Crippen LogP contribution >= 0.6 is 0 Å². The van der Waals surface area contributed by atoms with Crippen LogP contribution in [0, 0.1) is 0 Å². The number of esters is 1. The van der Waals surface area contributed by atoms with E-state index in [4.69, 9.17) is 19.3 Å². The van der Waals surface area contributed by atoms with E-state index in [-0.39, 0.29) is 37.2 Å². The van der Waals surface area contributed by atoms with Crippen molar-refractivity contribution >= 4 is 11.9 Å². The zero-order valence-electron chi connectivity index (χ0n) is 17.3. The molecule has 0 aromatic carbocycles. The van der Waals surface area contributed by atoms with Gasteiger partial charge in [0.05, 0.1) is 19.8 Å². The van der Waals surface area contributed by atoms with Gasteiger partial charge >= 0.3 is 12.1 Å². The Balaban J connectivity index is 0.000000512. The minimum absolute atomic E-state index is 0.00201. The number of hydrogen-bond donors (Lipinski definition) is 3. The minimum atomic E-state index is -4.11. The average Bonchev–Trinajstić information content (AvgIpc) is 2.77. The van der Waals surface area contributed by atoms with Crippen molar-refractivity contribution < 1.29 is 47.2 Å². The van der Waals surface area contributed by atoms with E-state index < -0.39 is 36.3 Å². The van der Waals surface area contributed by atoms with Gasteiger partial charge in [-0.25, -0.2) is 9.78 Å². The van der Waals surface area contributed by atoms with Crippen LogP contribution in [0.1, 0.15) is 43.1 Å². The van der Waals surface area contributed by atoms with Gasteiger partial charge in [-0.3, -0.25) is 4.79 Å². The number of nitrogens with one attached hydrogen (secondary N) is 1. The molecule has 1 aliphatic rings. The Bertz CT molecular complexity index is 716. The summed E-state index contributed by atoms with van der Waals surface area (Å²) < 4.78 is 49.0. The van der Waals surface area contributed by atoms with Gasteiger partial charge in [-0.15, -0.1) is 0 Å². The number of alkyl halides is 3. The molecule has 1 saturated heterocycles. The van der Waals surface area contributed by atoms with Crippen LogP contribution in [0.15, 0.2) is 12.3 Å². The second-order valence-electron chi connectivity index (χ2n) is 6.64. The molecule has 31 heavy (non-hydrogen) atoms. The van der Waals surface area contributed by atoms with Gasteiger partial charge in [0, 0.05) is 31.9 Å². The molecule has 0 radical (unpaired) electrons. The number of halogens is 3. The minimum Gasteiger partial charge on any atom is -0.503 e. The number of methoxy groups -OCH3 is 1. The average molecular weight is 452 g/mol. The zero-order chi connectivity index (χ0) is 23.4. The van der Waals surface area contributed by atoms with Crippen LogP contribution in [-0.4, -0.2) is 72.3 Å². The second kappa shape index (κ2) is 13.0. The molecular formula is C19H27F3N2O7. The summed E-state index contributed by atoms with van der Waals surface area (Å²) in [4.78, 5) is 28.2. The first-order chi connectivity index (χ1) is 14.6. The summed E-state index contributed by atoms with van der Waals surface area (Å²) in [5, 5.41) is 20.4. The van der Waals surface area contributed by atoms with Gasteiger partial charge in [0.2, 0.25) is 0 Å². The van der Waals surface area contributed by atoms with Crippen molar-refractivity contribution in [2.45, 2.75) is 50.9 Å². The summed E-state index contributed by atoms with van der Waals surface area (Å²) >= 11 is 0. The Morgan fingerprint density at radius 2 is 2.13 bits per heavy atom. The van der Waals surface area contributed by atoms with Gasteiger partial charge in [-0.05, 0) is 26.2 Å². The maximum Gasteiger partial charge on any atom is 0.389 e. The SMILES string of the molecule is COc1ccnc(C(=O)N[C@H]2COCCCC(C)OC2=O)c1O.OCCCC(F)(F)F. The van der Waals surface area contributed by atoms with Crippen molar-refractivity contribution in [3.8, 4) is 11.5 Å². The lowest BCUT2D eigenvalue weighted by atomic mass is 10.2. The highest BCUT2D eigenvalue weighted by Gasteiger charge is 2.28. The summed E-state index contributed by atoms with van der Waals surface area (Å²) in [7, 11) is 1.36. The van der Waals surface area contributed by atoms with Gasteiger partial charge in [0.1, 0.15) is 0 Å². The fourth-order valence-electron chi connectivity index (χ4n) is 2.46. The molecular weight excluding hydrogens is 425 g/mol. The van der Waals surface area contributed by atoms with Gasteiger partial charge in [0.15, 0.2) is 23.2 Å². The third kappa shape index (κ3) is 9.83. The van der Waals surface area contributed by atoms with Crippen molar-refractivity contribution in [3.05, 3.63) is 18.0 Å². The van der Waals surface area contributed by atoms with Crippen LogP contribution in [0.4, 0.5) is 13.2 Å². The number of nitrogens with zero attached hydrogens (tertiary/aromatic N) is 1. The first-order valence-corrected chi connectivity index (χ1v) is 9.57. The monoisotopic (exact) mass is 452 g/mol. The Morgan fingerprint density at radius 1 is 1.42 bits per heavy atom. The summed E-state index contributed by atoms with van der Waals surface area (Å²) in [6.45, 7) is 1.88. The molecule has 2 rings (SSSR count). The number of pyridine rings is 1. The molecule has 9 nitrogen and oxygen atoms in total. The maximum absolute atomic E-state index is 12.3. The van der Waals surface area contributed by atoms with Crippen molar-refractivity contribution in [1.82, 2.24) is 10.3 Å². The van der Waals surface area contributed by atoms with Crippen molar-refractivity contribution in [3.63, 3.8) is 0 Å². The van der Waals surface area contributed by atoms with E-state index in [0.717, 1.165) is 6.42 Å². The molecule has 1 unspecified atom stereocenters. The highest BCUT2D eigenvalue weighted by molar-refractivity contribution is 5.98. The molecule has 0 saturated carbocycles. The molecule has 1 amide bonds. The summed E-state index contributed by atoms with van der Waals surface area (Å²) in [6.07, 6.45) is -2.63. The van der Waals surface area contributed by atoms with Crippen molar-refractivity contribution in [2.24, 2.45) is 0 Å². The molecule has 1 aromatic heterocycles. The fourth-order valence-corrected chi connectivity index (χ4v) is 2.46. The zero-order valence-corrected chi connectivity index (χ0v) is 17.3. The Morgan fingerprint density at radius 3 is 2.71 bits per heavy atom. The van der Waals surface area contributed by atoms with E-state index in [1.54, 1.807) is 6.92 Å². The van der Waals surface area contributed by atoms with Crippen LogP contribution in [-0.2, 0) is 14.3 Å². The van der Waals surface area contributed by atoms with Crippen LogP contribution in [0.5, 0.6) is 11.5 Å². The highest BCUT2D eigenvalue weighted by Crippen LogP contribution is 2.27. The van der Waals surface area contributed by atoms with Gasteiger partial charge in [-0.2, -0.15) is 13.2 Å². The number of ether oxygens (including phenoxy) is 3. The summed E-state index contributed by atoms with van der Waals surface area (Å²) in [6, 6.07) is 0.459. The molecule has 176 valence electrons. The number of carbonyl (C=O) groups is 2. The van der Waals surface area contributed by atoms with Crippen LogP contribution in [0.2, 0.25) is 0 Å². The molecule has 12 heteroatoms. The normalized spacial score (nSPS) is 19.6. The number of amides is 1. The summed E-state index contributed by atoms with van der Waals surface area (Å²) in [5.74, 6) is -1.56. The maximum atomic E-state index is 12.3. The van der Waals surface area contributed by atoms with E-state index in [9.17, 15) is 27.9 Å². The third-order valence-corrected chi connectivity index (χ3v) is 4.03. The van der Waals surface area contributed by atoms with E-state index in [2.05, 4.69) is 10.3 Å². The van der Waals surface area contributed by atoms with E-state index >= 15 is 0 Å². The lowest BCUT2D eigenvalue weighted by Gasteiger charge is -2.18. The Hall–Kier alpha value is -2.60. The van der Waals surface area contributed by atoms with E-state index in [1.807, 2.05) is 0 Å². The van der Waals surface area contributed by atoms with Gasteiger partial charge in [-0.1, -0.05) is 0 Å². The van der Waals surface area contributed by atoms with E-state index in [1.165, 1.54) is 19.4 Å². The largest absolute Gasteiger partial charge is 0.503 e. The Kier molecular flexibility index (Phi) is 11.0. The van der Waals surface area contributed by atoms with Crippen molar-refractivity contribution in [1.29, 1.82) is 0 Å². The number of cyclic esters (lactones) is 1. The molecule has 2 atom stereocenters. The Labute approximate surface area is 177 Å². The molecule has 1 aliphatic heterocycles. The second-order valence-corrected chi connectivity index (χ2v) is 6.64. The topological polar surface area (TPSA) is 127 Å². The number of carbonyl (C=O) groups excluding carboxylic acids is 2. The van der Waals surface area contributed by atoms with Crippen LogP contribution in [0.25, 0.3) is 0 Å². The third-order valence-electron chi connectivity index (χ3n) is 4.03. The first kappa shape index (κ1) is 26.4. The standard InChI is InChI=1S/C15H20N2O6.C4H7F3O/c1-9-4-3-7-22-8-10(15(20)23-9)17-14(19)12-13(18)11(21-2)5-6-16-12;5-4(6,7)2-1-3-8/h5-6,9-10,18H,3-4,7-8H2,1-2H3,(H,17,19);8H,1-3H2/t9?,10-;/m0./s1. The molecule has 0 bridgehead atoms. The lowest BCUT2D eigenvalue weighted by Crippen LogP contribution is -2.45. The predicted molar refractivity (Wildman–Crippen MR) is 102 cm³/mol. The van der Waals surface area contributed by atoms with Gasteiger partial charge in [0.25, 0.3) is 5.91 Å². The number of aliphatic hydroxyl groups is 1. The summed E-state index contributed by atoms with van der Waals surface area (Å²) in [5.41, 5.74) is -0.231.